The first-order chi connectivity index (χ1) is 41.9. The van der Waals surface area contributed by atoms with E-state index in [4.69, 9.17) is 0 Å². The van der Waals surface area contributed by atoms with Crippen LogP contribution in [0.1, 0.15) is 254 Å². The summed E-state index contributed by atoms with van der Waals surface area (Å²) in [7, 11) is 4.58. The SMILES string of the molecule is CC(C)(C)[O-].CC1CC[C@@H](C(C)C)[C@@]2([CH-]N(c3c(C(C)C)cccc3C(C)C)C(C)(C)C2)C1.CC1CC[C@@H](C(C)C)[C@@]2([CH-]N(c3c(C(C)C)cccc3C(C)C)C(C)(C)C2)C1.[Au].[Cl][Au].[Na+].c1ccc(Cc2ccccc2)cc1.c1ccc([N-]c2ccccc2)cc1. The van der Waals surface area contributed by atoms with Crippen LogP contribution in [0.3, 0.4) is 0 Å². The summed E-state index contributed by atoms with van der Waals surface area (Å²) in [4.78, 5) is 5.45. The summed E-state index contributed by atoms with van der Waals surface area (Å²) in [6, 6.07) is 55.0. The van der Waals surface area contributed by atoms with E-state index in [1.54, 1.807) is 40.8 Å². The van der Waals surface area contributed by atoms with E-state index >= 15 is 0 Å². The minimum absolute atomic E-state index is 0. The molecule has 2 spiro atoms. The second-order valence-electron chi connectivity index (χ2n) is 31.1. The Morgan fingerprint density at radius 1 is 0.473 bits per heavy atom. The van der Waals surface area contributed by atoms with Crippen LogP contribution in [0.2, 0.25) is 0 Å². The fraction of sp³-hybridized carbons (Fsp3) is 0.542. The van der Waals surface area contributed by atoms with Gasteiger partial charge in [-0.25, -0.2) is 13.1 Å². The molecule has 6 aromatic rings. The van der Waals surface area contributed by atoms with E-state index in [9.17, 15) is 5.11 Å². The largest absolute Gasteiger partial charge is 1.00 e. The van der Waals surface area contributed by atoms with Crippen molar-refractivity contribution in [1.29, 1.82) is 0 Å². The molecule has 10 rings (SSSR count). The predicted molar refractivity (Wildman–Crippen MR) is 385 cm³/mol. The molecule has 2 aliphatic heterocycles. The Morgan fingerprint density at radius 3 is 0.989 bits per heavy atom. The average molecular weight is 1630 g/mol. The van der Waals surface area contributed by atoms with E-state index in [0.717, 1.165) is 53.3 Å². The molecule has 0 N–H and O–H groups in total. The van der Waals surface area contributed by atoms with Crippen molar-refractivity contribution >= 4 is 31.9 Å². The predicted octanol–water partition coefficient (Wildman–Crippen LogP) is 21.5. The molecule has 1 radical (unpaired) electrons. The van der Waals surface area contributed by atoms with Gasteiger partial charge in [0.2, 0.25) is 0 Å². The molecule has 0 aromatic heterocycles. The molecule has 2 saturated carbocycles. The molecule has 6 atom stereocenters. The van der Waals surface area contributed by atoms with Crippen LogP contribution in [0.5, 0.6) is 0 Å². The number of hydrogen-bond acceptors (Lipinski definition) is 3. The number of rotatable bonds is 12. The Bertz CT molecular complexity index is 2650. The van der Waals surface area contributed by atoms with Crippen LogP contribution in [0.4, 0.5) is 22.7 Å². The smallest absolute Gasteiger partial charge is 0.658 e. The molecule has 4 aliphatic rings. The van der Waals surface area contributed by atoms with Gasteiger partial charge in [0.25, 0.3) is 0 Å². The molecule has 6 aromatic carbocycles. The topological polar surface area (TPSA) is 43.6 Å². The Balaban J connectivity index is 0.000000318. The molecule has 2 saturated heterocycles. The minimum Gasteiger partial charge on any atom is -0.658 e. The maximum Gasteiger partial charge on any atom is 1.00 e. The fourth-order valence-electron chi connectivity index (χ4n) is 15.6. The molecule has 505 valence electrons. The zero-order valence-corrected chi connectivity index (χ0v) is 67.6. The Kier molecular flexibility index (Phi) is 34.4. The van der Waals surface area contributed by atoms with Crippen LogP contribution < -0.4 is 44.5 Å². The van der Waals surface area contributed by atoms with Crippen molar-refractivity contribution in [1.82, 2.24) is 0 Å². The van der Waals surface area contributed by atoms with E-state index in [2.05, 4.69) is 259 Å². The van der Waals surface area contributed by atoms with Gasteiger partial charge >= 0.3 is 58.7 Å². The van der Waals surface area contributed by atoms with Crippen LogP contribution >= 0.6 is 9.19 Å². The third-order valence-electron chi connectivity index (χ3n) is 19.1. The Morgan fingerprint density at radius 2 is 0.736 bits per heavy atom. The molecule has 8 heteroatoms. The quantitative estimate of drug-likeness (QED) is 0.0906. The minimum atomic E-state index is -0.750. The van der Waals surface area contributed by atoms with Crippen molar-refractivity contribution in [2.75, 3.05) is 9.80 Å². The maximum absolute atomic E-state index is 10.1. The Hall–Kier alpha value is -2.55. The van der Waals surface area contributed by atoms with Gasteiger partial charge in [0.1, 0.15) is 0 Å². The molecule has 91 heavy (non-hydrogen) atoms. The number of benzene rings is 6. The van der Waals surface area contributed by atoms with Gasteiger partial charge in [-0.15, -0.1) is 27.8 Å². The zero-order valence-electron chi connectivity index (χ0n) is 60.5. The number of anilines is 2. The maximum atomic E-state index is 10.1. The molecule has 0 amide bonds. The van der Waals surface area contributed by atoms with Gasteiger partial charge in [-0.2, -0.15) is 0 Å². The molecule has 0 bridgehead atoms. The molecule has 2 aliphatic carbocycles. The summed E-state index contributed by atoms with van der Waals surface area (Å²) in [5, 5.41) is 14.5. The number of halogens is 1. The summed E-state index contributed by atoms with van der Waals surface area (Å²) in [6.45, 7) is 53.8. The van der Waals surface area contributed by atoms with Gasteiger partial charge in [0, 0.05) is 44.8 Å². The number of hydrogen-bond donors (Lipinski definition) is 0. The number of nitrogens with zero attached hydrogens (tertiary/aromatic N) is 3. The Labute approximate surface area is 612 Å². The fourth-order valence-corrected chi connectivity index (χ4v) is 15.6. The number of para-hydroxylation sites is 4. The van der Waals surface area contributed by atoms with Crippen molar-refractivity contribution in [3.63, 3.8) is 0 Å². The average Bonchev–Trinajstić information content (AvgIpc) is 1.59. The first-order valence-electron chi connectivity index (χ1n) is 34.1. The van der Waals surface area contributed by atoms with E-state index in [1.807, 2.05) is 60.7 Å². The molecule has 4 nitrogen and oxygen atoms in total. The molecule has 2 unspecified atom stereocenters. The van der Waals surface area contributed by atoms with Crippen LogP contribution in [-0.4, -0.2) is 16.7 Å². The first kappa shape index (κ1) is 82.7. The second kappa shape index (κ2) is 37.8. The van der Waals surface area contributed by atoms with Crippen LogP contribution in [0.15, 0.2) is 158 Å². The van der Waals surface area contributed by atoms with Gasteiger partial charge in [-0.3, -0.25) is 0 Å². The molecule has 2 heterocycles. The van der Waals surface area contributed by atoms with E-state index in [0.29, 0.717) is 34.5 Å². The first-order valence-corrected chi connectivity index (χ1v) is 36.8. The van der Waals surface area contributed by atoms with Gasteiger partial charge in [0.05, 0.1) is 0 Å². The third-order valence-corrected chi connectivity index (χ3v) is 19.1. The summed E-state index contributed by atoms with van der Waals surface area (Å²) >= 11 is 1.75. The van der Waals surface area contributed by atoms with Crippen molar-refractivity contribution in [2.45, 2.75) is 244 Å². The van der Waals surface area contributed by atoms with E-state index in [1.165, 1.54) is 96.1 Å². The summed E-state index contributed by atoms with van der Waals surface area (Å²) < 4.78 is 0. The van der Waals surface area contributed by atoms with E-state index in [-0.39, 0.29) is 63.0 Å². The molecule has 4 fully saturated rings. The van der Waals surface area contributed by atoms with Crippen LogP contribution in [-0.2, 0) is 48.8 Å². The summed E-state index contributed by atoms with van der Waals surface area (Å²) in [6.07, 6.45) is 11.9. The van der Waals surface area contributed by atoms with Gasteiger partial charge in [0.15, 0.2) is 0 Å². The van der Waals surface area contributed by atoms with Crippen molar-refractivity contribution < 1.29 is 77.0 Å². The van der Waals surface area contributed by atoms with Crippen molar-refractivity contribution in [3.8, 4) is 0 Å². The second-order valence-corrected chi connectivity index (χ2v) is 31.1. The van der Waals surface area contributed by atoms with Crippen molar-refractivity contribution in [2.24, 2.45) is 46.3 Å². The van der Waals surface area contributed by atoms with Gasteiger partial charge in [-0.05, 0) is 115 Å². The van der Waals surface area contributed by atoms with E-state index < -0.39 is 5.60 Å². The van der Waals surface area contributed by atoms with Crippen LogP contribution in [0.25, 0.3) is 5.32 Å². The third kappa shape index (κ3) is 23.9. The molecular weight excluding hydrogens is 1510 g/mol. The zero-order chi connectivity index (χ0) is 66.1. The standard InChI is InChI=1S/2C27H44N.C13H12.C12H10N.C4H9O.2Au.ClH.Na/c2*1-18(2)22-11-10-12-23(19(3)4)25(22)28-17-27(16-26(28,8)9)15-21(7)13-14-24(27)20(5)6;1-3-7-12(8-4-1)11-13-9-5-2-6-10-13;1-3-7-11(8-4-1)13-12-9-5-2-6-10-12;1-4(2,3)5;;;;/h2*10-12,17-21,24H,13-16H2,1-9H3;1-10H,11H2;1-10H;1-3H3;;;1H;/q2*-1;;2*-1;;+1;;+1/p-1/t2*21?,24-,27-;;;;;;;/m00......./s1. The van der Waals surface area contributed by atoms with Crippen LogP contribution in [0, 0.1) is 59.4 Å². The van der Waals surface area contributed by atoms with Gasteiger partial charge < -0.3 is 20.2 Å². The van der Waals surface area contributed by atoms with Crippen molar-refractivity contribution in [3.05, 3.63) is 210 Å². The summed E-state index contributed by atoms with van der Waals surface area (Å²) in [5.74, 6) is 6.97. The molecular formula is C83H119Au2ClN3NaO-3. The monoisotopic (exact) mass is 1630 g/mol. The van der Waals surface area contributed by atoms with Gasteiger partial charge in [-0.1, -0.05) is 339 Å². The summed E-state index contributed by atoms with van der Waals surface area (Å²) in [5.41, 5.74) is 14.1. The normalized spacial score (nSPS) is 22.1.